The molecule has 0 amide bonds. The zero-order valence-corrected chi connectivity index (χ0v) is 17.0. The summed E-state index contributed by atoms with van der Waals surface area (Å²) in [6.45, 7) is 0.608. The number of nitrogens with zero attached hydrogens (tertiary/aromatic N) is 1. The van der Waals surface area contributed by atoms with Crippen LogP contribution < -0.4 is 5.32 Å². The lowest BCUT2D eigenvalue weighted by Crippen LogP contribution is -2.16. The van der Waals surface area contributed by atoms with E-state index in [1.807, 2.05) is 30.3 Å². The fourth-order valence-electron chi connectivity index (χ4n) is 3.42. The zero-order valence-electron chi connectivity index (χ0n) is 17.0. The molecule has 0 aliphatic heterocycles. The lowest BCUT2D eigenvalue weighted by molar-refractivity contribution is -0.134. The minimum Gasteiger partial charge on any atom is -0.478 e. The predicted molar refractivity (Wildman–Crippen MR) is 117 cm³/mol. The maximum Gasteiger partial charge on any atom is 0.328 e. The summed E-state index contributed by atoms with van der Waals surface area (Å²) in [6, 6.07) is 14.6. The summed E-state index contributed by atoms with van der Waals surface area (Å²) >= 11 is 0. The molecule has 0 unspecified atom stereocenters. The topological polar surface area (TPSA) is 117 Å². The van der Waals surface area contributed by atoms with Gasteiger partial charge in [-0.1, -0.05) is 30.3 Å². The summed E-state index contributed by atoms with van der Waals surface area (Å²) in [6.07, 6.45) is 3.22. The predicted octanol–water partition coefficient (Wildman–Crippen LogP) is 4.22. The van der Waals surface area contributed by atoms with Crippen LogP contribution in [0, 0.1) is 5.82 Å². The van der Waals surface area contributed by atoms with Crippen LogP contribution in [0.15, 0.2) is 60.7 Å². The number of carboxylic acids is 2. The van der Waals surface area contributed by atoms with E-state index in [1.165, 1.54) is 12.1 Å². The maximum absolute atomic E-state index is 13.6. The van der Waals surface area contributed by atoms with Crippen LogP contribution in [0.2, 0.25) is 0 Å². The summed E-state index contributed by atoms with van der Waals surface area (Å²) in [5.74, 6) is -2.71. The van der Waals surface area contributed by atoms with E-state index in [2.05, 4.69) is 10.3 Å². The largest absolute Gasteiger partial charge is 0.478 e. The number of aromatic nitrogens is 1. The number of halogens is 1. The number of fused-ring (bicyclic) bond motifs is 2. The molecular weight excluding hydrogens is 415 g/mol. The number of benzene rings is 2. The monoisotopic (exact) mass is 436 g/mol. The Kier molecular flexibility index (Phi) is 7.28. The van der Waals surface area contributed by atoms with Gasteiger partial charge in [-0.05, 0) is 30.5 Å². The van der Waals surface area contributed by atoms with Crippen molar-refractivity contribution >= 4 is 34.3 Å². The number of carboxylic acid groups (broad SMARTS) is 2. The van der Waals surface area contributed by atoms with Gasteiger partial charge in [0.05, 0.1) is 22.5 Å². The molecule has 4 rings (SSSR count). The van der Waals surface area contributed by atoms with Gasteiger partial charge in [0.1, 0.15) is 5.82 Å². The first-order chi connectivity index (χ1) is 15.3. The first kappa shape index (κ1) is 22.6. The summed E-state index contributed by atoms with van der Waals surface area (Å²) in [4.78, 5) is 36.1. The lowest BCUT2D eigenvalue weighted by atomic mass is 9.91. The minimum atomic E-state index is -1.26. The number of ketones is 1. The molecular formula is C24H21FN2O5. The van der Waals surface area contributed by atoms with Gasteiger partial charge in [-0.2, -0.15) is 0 Å². The van der Waals surface area contributed by atoms with Gasteiger partial charge in [0.2, 0.25) is 0 Å². The second-order valence-corrected chi connectivity index (χ2v) is 7.10. The van der Waals surface area contributed by atoms with E-state index >= 15 is 0 Å². The molecule has 0 fully saturated rings. The number of Topliss-reactive ketones (excluding diaryl/α,β-unsaturated/α-hetero) is 1. The average Bonchev–Trinajstić information content (AvgIpc) is 2.76. The van der Waals surface area contributed by atoms with Gasteiger partial charge in [0.25, 0.3) is 0 Å². The normalized spacial score (nSPS) is 12.7. The molecule has 3 aromatic rings. The van der Waals surface area contributed by atoms with Crippen molar-refractivity contribution in [2.45, 2.75) is 25.8 Å². The van der Waals surface area contributed by atoms with Gasteiger partial charge >= 0.3 is 11.9 Å². The van der Waals surface area contributed by atoms with Crippen LogP contribution in [0.1, 0.15) is 34.5 Å². The molecule has 1 heterocycles. The fraction of sp³-hybridized carbons (Fsp3) is 0.167. The summed E-state index contributed by atoms with van der Waals surface area (Å²) in [5, 5.41) is 19.8. The zero-order chi connectivity index (χ0) is 23.1. The van der Waals surface area contributed by atoms with Crippen molar-refractivity contribution in [3.05, 3.63) is 83.3 Å². The van der Waals surface area contributed by atoms with E-state index in [-0.39, 0.29) is 11.6 Å². The van der Waals surface area contributed by atoms with E-state index in [9.17, 15) is 18.8 Å². The molecule has 8 heteroatoms. The van der Waals surface area contributed by atoms with Gasteiger partial charge in [-0.25, -0.2) is 14.0 Å². The van der Waals surface area contributed by atoms with Gasteiger partial charge in [-0.3, -0.25) is 9.78 Å². The molecule has 2 aromatic carbocycles. The van der Waals surface area contributed by atoms with Crippen LogP contribution >= 0.6 is 0 Å². The molecule has 0 atom stereocenters. The smallest absolute Gasteiger partial charge is 0.328 e. The molecule has 0 saturated carbocycles. The Morgan fingerprint density at radius 1 is 1.03 bits per heavy atom. The Labute approximate surface area is 183 Å². The number of nitrogens with one attached hydrogen (secondary N) is 1. The highest BCUT2D eigenvalue weighted by Gasteiger charge is 2.24. The molecule has 0 spiro atoms. The minimum absolute atomic E-state index is 0.116. The number of rotatable bonds is 5. The van der Waals surface area contributed by atoms with E-state index in [0.29, 0.717) is 36.2 Å². The number of aryl methyl sites for hydroxylation is 1. The van der Waals surface area contributed by atoms with Gasteiger partial charge in [0.15, 0.2) is 5.78 Å². The number of aliphatic carboxylic acids is 2. The number of hydrogen-bond donors (Lipinski definition) is 3. The van der Waals surface area contributed by atoms with Gasteiger partial charge in [0, 0.05) is 36.6 Å². The Hall–Kier alpha value is -4.07. The third-order valence-corrected chi connectivity index (χ3v) is 4.80. The summed E-state index contributed by atoms with van der Waals surface area (Å²) in [7, 11) is 0. The molecule has 1 aliphatic rings. The molecule has 32 heavy (non-hydrogen) atoms. The number of carbonyl (C=O) groups is 3. The SMILES string of the molecule is O=C(O)/C=C\C(=O)O.O=C1CCCc2nc3cc(F)ccc3c(NCc3ccccc3)c21. The van der Waals surface area contributed by atoms with Crippen LogP contribution in [-0.4, -0.2) is 32.9 Å². The first-order valence-corrected chi connectivity index (χ1v) is 9.92. The third kappa shape index (κ3) is 5.75. The molecule has 0 bridgehead atoms. The highest BCUT2D eigenvalue weighted by molar-refractivity contribution is 6.09. The molecule has 0 radical (unpaired) electrons. The fourth-order valence-corrected chi connectivity index (χ4v) is 3.42. The summed E-state index contributed by atoms with van der Waals surface area (Å²) < 4.78 is 13.6. The van der Waals surface area contributed by atoms with E-state index in [4.69, 9.17) is 10.2 Å². The van der Waals surface area contributed by atoms with Crippen molar-refractivity contribution in [3.8, 4) is 0 Å². The molecule has 7 nitrogen and oxygen atoms in total. The lowest BCUT2D eigenvalue weighted by Gasteiger charge is -2.21. The Morgan fingerprint density at radius 2 is 1.72 bits per heavy atom. The van der Waals surface area contributed by atoms with Gasteiger partial charge < -0.3 is 15.5 Å². The number of carbonyl (C=O) groups excluding carboxylic acids is 1. The van der Waals surface area contributed by atoms with E-state index in [1.54, 1.807) is 6.07 Å². The van der Waals surface area contributed by atoms with E-state index < -0.39 is 11.9 Å². The Morgan fingerprint density at radius 3 is 2.38 bits per heavy atom. The molecule has 3 N–H and O–H groups in total. The van der Waals surface area contributed by atoms with Crippen LogP contribution in [0.4, 0.5) is 10.1 Å². The van der Waals surface area contributed by atoms with Crippen molar-refractivity contribution < 1.29 is 29.0 Å². The second-order valence-electron chi connectivity index (χ2n) is 7.10. The second kappa shape index (κ2) is 10.3. The number of pyridine rings is 1. The number of anilines is 1. The van der Waals surface area contributed by atoms with Crippen molar-refractivity contribution in [1.29, 1.82) is 0 Å². The maximum atomic E-state index is 13.6. The highest BCUT2D eigenvalue weighted by atomic mass is 19.1. The van der Waals surface area contributed by atoms with Gasteiger partial charge in [-0.15, -0.1) is 0 Å². The van der Waals surface area contributed by atoms with Crippen molar-refractivity contribution in [2.24, 2.45) is 0 Å². The van der Waals surface area contributed by atoms with Crippen molar-refractivity contribution in [1.82, 2.24) is 4.98 Å². The van der Waals surface area contributed by atoms with Crippen LogP contribution in [0.5, 0.6) is 0 Å². The van der Waals surface area contributed by atoms with Crippen molar-refractivity contribution in [3.63, 3.8) is 0 Å². The molecule has 164 valence electrons. The Balaban J connectivity index is 0.000000312. The quantitative estimate of drug-likeness (QED) is 0.513. The van der Waals surface area contributed by atoms with Crippen molar-refractivity contribution in [2.75, 3.05) is 5.32 Å². The summed E-state index contributed by atoms with van der Waals surface area (Å²) in [5.41, 5.74) is 3.96. The van der Waals surface area contributed by atoms with Crippen LogP contribution in [0.25, 0.3) is 10.9 Å². The highest BCUT2D eigenvalue weighted by Crippen LogP contribution is 2.33. The molecule has 1 aromatic heterocycles. The van der Waals surface area contributed by atoms with Crippen LogP contribution in [0.3, 0.4) is 0 Å². The third-order valence-electron chi connectivity index (χ3n) is 4.80. The number of hydrogen-bond acceptors (Lipinski definition) is 5. The average molecular weight is 436 g/mol. The first-order valence-electron chi connectivity index (χ1n) is 9.92. The Bertz CT molecular complexity index is 1180. The standard InChI is InChI=1S/C20H17FN2O.C4H4O4/c21-14-9-10-15-17(11-14)23-16-7-4-8-18(24)19(16)20(15)22-12-13-5-2-1-3-6-13;5-3(6)1-2-4(7)8/h1-3,5-6,9-11H,4,7-8,12H2,(H,22,23);1-2H,(H,5,6)(H,7,8)/b;2-1-. The molecule has 1 aliphatic carbocycles. The molecule has 0 saturated heterocycles. The van der Waals surface area contributed by atoms with E-state index in [0.717, 1.165) is 35.2 Å². The van der Waals surface area contributed by atoms with Crippen LogP contribution in [-0.2, 0) is 22.6 Å².